The minimum absolute atomic E-state index is 0.157. The van der Waals surface area contributed by atoms with Crippen LogP contribution in [0.4, 0.5) is 0 Å². The van der Waals surface area contributed by atoms with Crippen molar-refractivity contribution < 1.29 is 5.11 Å². The van der Waals surface area contributed by atoms with Crippen molar-refractivity contribution in [2.75, 3.05) is 13.2 Å². The summed E-state index contributed by atoms with van der Waals surface area (Å²) in [5.74, 6) is 0.448. The third kappa shape index (κ3) is 4.92. The van der Waals surface area contributed by atoms with Gasteiger partial charge < -0.3 is 5.11 Å². The van der Waals surface area contributed by atoms with Crippen LogP contribution in [0.1, 0.15) is 22.4 Å². The maximum Gasteiger partial charge on any atom is 0.123 e. The van der Waals surface area contributed by atoms with Gasteiger partial charge in [-0.1, -0.05) is 42.5 Å². The number of halogens is 1. The highest BCUT2D eigenvalue weighted by molar-refractivity contribution is 7.13. The van der Waals surface area contributed by atoms with Crippen molar-refractivity contribution >= 4 is 22.9 Å². The molecule has 3 rings (SSSR count). The van der Waals surface area contributed by atoms with Crippen molar-refractivity contribution in [3.8, 4) is 10.6 Å². The molecule has 0 radical (unpaired) electrons. The van der Waals surface area contributed by atoms with E-state index in [2.05, 4.69) is 59.3 Å². The lowest BCUT2D eigenvalue weighted by Gasteiger charge is -2.22. The topological polar surface area (TPSA) is 36.4 Å². The molecule has 136 valence electrons. The highest BCUT2D eigenvalue weighted by atomic mass is 35.5. The Bertz CT molecular complexity index is 835. The Balaban J connectivity index is 1.75. The Morgan fingerprint density at radius 1 is 1.12 bits per heavy atom. The monoisotopic (exact) mass is 386 g/mol. The first kappa shape index (κ1) is 19.1. The number of hydrogen-bond donors (Lipinski definition) is 1. The fourth-order valence-corrected chi connectivity index (χ4v) is 3.99. The molecule has 0 fully saturated rings. The van der Waals surface area contributed by atoms with Crippen molar-refractivity contribution in [1.82, 2.24) is 9.88 Å². The lowest BCUT2D eigenvalue weighted by atomic mass is 10.0. The summed E-state index contributed by atoms with van der Waals surface area (Å²) in [6.07, 6.45) is 0. The number of aliphatic hydroxyl groups is 1. The van der Waals surface area contributed by atoms with E-state index < -0.39 is 0 Å². The highest BCUT2D eigenvalue weighted by Gasteiger charge is 2.11. The predicted octanol–water partition coefficient (Wildman–Crippen LogP) is 4.85. The summed E-state index contributed by atoms with van der Waals surface area (Å²) in [7, 11) is 0. The summed E-state index contributed by atoms with van der Waals surface area (Å²) < 4.78 is 0. The number of aromatic nitrogens is 1. The molecule has 0 saturated carbocycles. The minimum atomic E-state index is 0.157. The third-order valence-electron chi connectivity index (χ3n) is 4.34. The molecule has 0 saturated heterocycles. The van der Waals surface area contributed by atoms with Crippen molar-refractivity contribution in [2.24, 2.45) is 0 Å². The second-order valence-electron chi connectivity index (χ2n) is 6.34. The van der Waals surface area contributed by atoms with Crippen LogP contribution in [-0.2, 0) is 19.0 Å². The third-order valence-corrected chi connectivity index (χ3v) is 5.55. The van der Waals surface area contributed by atoms with E-state index >= 15 is 0 Å². The zero-order chi connectivity index (χ0) is 18.4. The maximum absolute atomic E-state index is 9.42. The number of benzene rings is 2. The molecule has 3 nitrogen and oxygen atoms in total. The molecule has 1 heterocycles. The average Bonchev–Trinajstić information content (AvgIpc) is 3.14. The van der Waals surface area contributed by atoms with Gasteiger partial charge in [0.25, 0.3) is 0 Å². The van der Waals surface area contributed by atoms with Gasteiger partial charge in [-0.2, -0.15) is 0 Å². The number of nitrogens with zero attached hydrogens (tertiary/aromatic N) is 2. The van der Waals surface area contributed by atoms with Crippen molar-refractivity contribution in [3.63, 3.8) is 0 Å². The Morgan fingerprint density at radius 3 is 2.58 bits per heavy atom. The van der Waals surface area contributed by atoms with E-state index in [-0.39, 0.29) is 6.61 Å². The predicted molar refractivity (Wildman–Crippen MR) is 109 cm³/mol. The molecule has 0 unspecified atom stereocenters. The van der Waals surface area contributed by atoms with E-state index in [1.54, 1.807) is 11.3 Å². The summed E-state index contributed by atoms with van der Waals surface area (Å²) in [5, 5.41) is 12.4. The molecule has 1 N–H and O–H groups in total. The van der Waals surface area contributed by atoms with Gasteiger partial charge in [-0.3, -0.25) is 4.90 Å². The van der Waals surface area contributed by atoms with Gasteiger partial charge in [0.1, 0.15) is 5.01 Å². The summed E-state index contributed by atoms with van der Waals surface area (Å²) in [4.78, 5) is 6.83. The number of aryl methyl sites for hydroxylation is 1. The maximum atomic E-state index is 9.42. The number of thiazole rings is 1. The Hall–Kier alpha value is -1.72. The van der Waals surface area contributed by atoms with Gasteiger partial charge in [0.2, 0.25) is 0 Å². The second-order valence-corrected chi connectivity index (χ2v) is 7.46. The first-order valence-corrected chi connectivity index (χ1v) is 10.1. The molecule has 1 aromatic heterocycles. The number of hydrogen-bond acceptors (Lipinski definition) is 4. The summed E-state index contributed by atoms with van der Waals surface area (Å²) in [6, 6.07) is 16.9. The van der Waals surface area contributed by atoms with Gasteiger partial charge in [-0.25, -0.2) is 4.98 Å². The van der Waals surface area contributed by atoms with E-state index in [0.29, 0.717) is 12.4 Å². The second kappa shape index (κ2) is 9.28. The SMILES string of the molecule is Cc1cc(-c2nc(CCl)cs2)ccc1CN(CCO)Cc1ccccc1. The summed E-state index contributed by atoms with van der Waals surface area (Å²) in [6.45, 7) is 4.58. The lowest BCUT2D eigenvalue weighted by molar-refractivity contribution is 0.184. The smallest absolute Gasteiger partial charge is 0.123 e. The van der Waals surface area contributed by atoms with Crippen LogP contribution in [0.5, 0.6) is 0 Å². The van der Waals surface area contributed by atoms with Crippen molar-refractivity contribution in [2.45, 2.75) is 25.9 Å². The van der Waals surface area contributed by atoms with Crippen LogP contribution in [0.15, 0.2) is 53.9 Å². The zero-order valence-electron chi connectivity index (χ0n) is 14.9. The van der Waals surface area contributed by atoms with Gasteiger partial charge in [-0.15, -0.1) is 22.9 Å². The highest BCUT2D eigenvalue weighted by Crippen LogP contribution is 2.27. The van der Waals surface area contributed by atoms with E-state index in [4.69, 9.17) is 11.6 Å². The molecule has 0 atom stereocenters. The Morgan fingerprint density at radius 2 is 1.92 bits per heavy atom. The quantitative estimate of drug-likeness (QED) is 0.562. The molecule has 5 heteroatoms. The molecule has 0 aliphatic rings. The molecule has 0 amide bonds. The van der Waals surface area contributed by atoms with Crippen LogP contribution in [-0.4, -0.2) is 28.1 Å². The largest absolute Gasteiger partial charge is 0.395 e. The van der Waals surface area contributed by atoms with Gasteiger partial charge in [0, 0.05) is 30.6 Å². The zero-order valence-corrected chi connectivity index (χ0v) is 16.4. The molecular weight excluding hydrogens is 364 g/mol. The molecular formula is C21H23ClN2OS. The van der Waals surface area contributed by atoms with E-state index in [1.807, 2.05) is 11.4 Å². The standard InChI is InChI=1S/C21H23ClN2OS/c1-16-11-18(21-23-20(12-22)15-26-21)7-8-19(16)14-24(9-10-25)13-17-5-3-2-4-6-17/h2-8,11,15,25H,9-10,12-14H2,1H3. The Kier molecular flexibility index (Phi) is 6.80. The number of rotatable bonds is 8. The first-order chi connectivity index (χ1) is 12.7. The summed E-state index contributed by atoms with van der Waals surface area (Å²) in [5.41, 5.74) is 5.81. The van der Waals surface area contributed by atoms with Crippen LogP contribution in [0.2, 0.25) is 0 Å². The molecule has 0 spiro atoms. The average molecular weight is 387 g/mol. The lowest BCUT2D eigenvalue weighted by Crippen LogP contribution is -2.26. The minimum Gasteiger partial charge on any atom is -0.395 e. The van der Waals surface area contributed by atoms with Crippen molar-refractivity contribution in [1.29, 1.82) is 0 Å². The van der Waals surface area contributed by atoms with Crippen LogP contribution in [0.3, 0.4) is 0 Å². The van der Waals surface area contributed by atoms with E-state index in [0.717, 1.165) is 29.4 Å². The molecule has 3 aromatic rings. The van der Waals surface area contributed by atoms with Crippen LogP contribution in [0, 0.1) is 6.92 Å². The fourth-order valence-electron chi connectivity index (χ4n) is 2.95. The van der Waals surface area contributed by atoms with Gasteiger partial charge >= 0.3 is 0 Å². The van der Waals surface area contributed by atoms with Gasteiger partial charge in [-0.05, 0) is 29.7 Å². The molecule has 26 heavy (non-hydrogen) atoms. The molecule has 0 aliphatic carbocycles. The normalized spacial score (nSPS) is 11.2. The molecule has 0 bridgehead atoms. The molecule has 0 aliphatic heterocycles. The van der Waals surface area contributed by atoms with E-state index in [9.17, 15) is 5.11 Å². The number of alkyl halides is 1. The first-order valence-electron chi connectivity index (χ1n) is 8.67. The van der Waals surface area contributed by atoms with Gasteiger partial charge in [0.05, 0.1) is 18.2 Å². The van der Waals surface area contributed by atoms with Gasteiger partial charge in [0.15, 0.2) is 0 Å². The van der Waals surface area contributed by atoms with Crippen LogP contribution >= 0.6 is 22.9 Å². The Labute approximate surface area is 163 Å². The summed E-state index contributed by atoms with van der Waals surface area (Å²) >= 11 is 7.48. The fraction of sp³-hybridized carbons (Fsp3) is 0.286. The molecule has 2 aromatic carbocycles. The van der Waals surface area contributed by atoms with Crippen LogP contribution in [0.25, 0.3) is 10.6 Å². The number of aliphatic hydroxyl groups excluding tert-OH is 1. The van der Waals surface area contributed by atoms with Crippen LogP contribution < -0.4 is 0 Å². The van der Waals surface area contributed by atoms with E-state index in [1.165, 1.54) is 16.7 Å². The van der Waals surface area contributed by atoms with Crippen molar-refractivity contribution in [3.05, 3.63) is 76.3 Å².